The Morgan fingerprint density at radius 3 is 2.62 bits per heavy atom. The van der Waals surface area contributed by atoms with Crippen molar-refractivity contribution in [2.75, 3.05) is 18.1 Å². The summed E-state index contributed by atoms with van der Waals surface area (Å²) >= 11 is 0. The first-order chi connectivity index (χ1) is 6.02. The van der Waals surface area contributed by atoms with E-state index < -0.39 is 22.8 Å². The van der Waals surface area contributed by atoms with Crippen molar-refractivity contribution in [2.24, 2.45) is 0 Å². The maximum atomic E-state index is 11.1. The molecule has 74 valence electrons. The van der Waals surface area contributed by atoms with Crippen molar-refractivity contribution in [1.82, 2.24) is 4.90 Å². The summed E-state index contributed by atoms with van der Waals surface area (Å²) in [6.07, 6.45) is 0. The maximum Gasteiger partial charge on any atom is 0.327 e. The normalized spacial score (nSPS) is 28.5. The van der Waals surface area contributed by atoms with Crippen LogP contribution in [0, 0.1) is 0 Å². The van der Waals surface area contributed by atoms with Gasteiger partial charge in [0.15, 0.2) is 0 Å². The highest BCUT2D eigenvalue weighted by molar-refractivity contribution is 7.85. The molecule has 2 unspecified atom stereocenters. The summed E-state index contributed by atoms with van der Waals surface area (Å²) in [6.45, 7) is 1.60. The van der Waals surface area contributed by atoms with E-state index in [-0.39, 0.29) is 18.2 Å². The van der Waals surface area contributed by atoms with Crippen LogP contribution in [0.4, 0.5) is 0 Å². The molecule has 0 bridgehead atoms. The molecule has 0 radical (unpaired) electrons. The van der Waals surface area contributed by atoms with Crippen LogP contribution in [0.25, 0.3) is 0 Å². The second-order valence-electron chi connectivity index (χ2n) is 2.88. The van der Waals surface area contributed by atoms with E-state index in [0.717, 1.165) is 0 Å². The molecule has 0 aliphatic carbocycles. The molecule has 0 aromatic carbocycles. The van der Waals surface area contributed by atoms with Gasteiger partial charge in [-0.1, -0.05) is 0 Å². The van der Waals surface area contributed by atoms with Crippen molar-refractivity contribution >= 4 is 22.7 Å². The second kappa shape index (κ2) is 3.87. The quantitative estimate of drug-likeness (QED) is 0.599. The van der Waals surface area contributed by atoms with Crippen LogP contribution < -0.4 is 0 Å². The Hall–Kier alpha value is -0.910. The average molecular weight is 205 g/mol. The maximum absolute atomic E-state index is 11.1. The monoisotopic (exact) mass is 205 g/mol. The van der Waals surface area contributed by atoms with Gasteiger partial charge < -0.3 is 10.0 Å². The first-order valence-corrected chi connectivity index (χ1v) is 5.36. The van der Waals surface area contributed by atoms with Crippen LogP contribution in [0.3, 0.4) is 0 Å². The van der Waals surface area contributed by atoms with Gasteiger partial charge in [0.25, 0.3) is 0 Å². The lowest BCUT2D eigenvalue weighted by Gasteiger charge is -2.31. The topological polar surface area (TPSA) is 74.7 Å². The minimum atomic E-state index is -1.10. The number of hydrogen-bond acceptors (Lipinski definition) is 3. The molecule has 1 saturated heterocycles. The fourth-order valence-electron chi connectivity index (χ4n) is 1.29. The van der Waals surface area contributed by atoms with Crippen LogP contribution in [0.2, 0.25) is 0 Å². The number of carbonyl (C=O) groups is 2. The molecule has 0 saturated carbocycles. The molecule has 5 nitrogen and oxygen atoms in total. The van der Waals surface area contributed by atoms with E-state index >= 15 is 0 Å². The summed E-state index contributed by atoms with van der Waals surface area (Å²) < 4.78 is 11.1. The van der Waals surface area contributed by atoms with Crippen LogP contribution >= 0.6 is 0 Å². The van der Waals surface area contributed by atoms with E-state index in [0.29, 0.717) is 5.75 Å². The molecule has 0 spiro atoms. The van der Waals surface area contributed by atoms with Crippen molar-refractivity contribution in [2.45, 2.75) is 13.0 Å². The number of aliphatic carboxylic acids is 1. The minimum Gasteiger partial charge on any atom is -0.480 e. The molecule has 1 rings (SSSR count). The first-order valence-electron chi connectivity index (χ1n) is 3.87. The van der Waals surface area contributed by atoms with Crippen LogP contribution in [0.5, 0.6) is 0 Å². The van der Waals surface area contributed by atoms with Crippen LogP contribution in [0.15, 0.2) is 0 Å². The van der Waals surface area contributed by atoms with Crippen LogP contribution in [-0.2, 0) is 20.4 Å². The number of nitrogens with zero attached hydrogens (tertiary/aromatic N) is 1. The Labute approximate surface area is 78.2 Å². The molecule has 1 amide bonds. The molecular formula is C7H11NO4S. The Morgan fingerprint density at radius 2 is 2.15 bits per heavy atom. The lowest BCUT2D eigenvalue weighted by Crippen LogP contribution is -2.52. The van der Waals surface area contributed by atoms with Gasteiger partial charge in [-0.3, -0.25) is 9.00 Å². The fraction of sp³-hybridized carbons (Fsp3) is 0.714. The molecule has 0 aromatic heterocycles. The van der Waals surface area contributed by atoms with E-state index in [1.54, 1.807) is 0 Å². The number of carboxylic acids is 1. The number of amides is 1. The highest BCUT2D eigenvalue weighted by atomic mass is 32.2. The Balaban J connectivity index is 2.77. The molecule has 0 aromatic rings. The number of carbonyl (C=O) groups excluding carboxylic acids is 1. The van der Waals surface area contributed by atoms with Crippen LogP contribution in [-0.4, -0.2) is 50.2 Å². The Bertz CT molecular complexity index is 265. The number of carboxylic acid groups (broad SMARTS) is 1. The number of rotatable bonds is 1. The fourth-order valence-corrected chi connectivity index (χ4v) is 2.53. The van der Waals surface area contributed by atoms with E-state index in [4.69, 9.17) is 5.11 Å². The molecule has 1 N–H and O–H groups in total. The van der Waals surface area contributed by atoms with Gasteiger partial charge in [-0.2, -0.15) is 0 Å². The third kappa shape index (κ3) is 2.27. The van der Waals surface area contributed by atoms with Gasteiger partial charge in [-0.25, -0.2) is 4.79 Å². The zero-order chi connectivity index (χ0) is 10.0. The zero-order valence-corrected chi connectivity index (χ0v) is 8.04. The average Bonchev–Trinajstić information content (AvgIpc) is 2.03. The van der Waals surface area contributed by atoms with Gasteiger partial charge in [0.2, 0.25) is 5.91 Å². The van der Waals surface area contributed by atoms with E-state index in [2.05, 4.69) is 0 Å². The standard InChI is InChI=1S/C7H11NO4S/c1-5(9)8-2-3-13(12)4-6(8)7(10)11/h6H,2-4H2,1H3,(H,10,11). The molecule has 1 fully saturated rings. The largest absolute Gasteiger partial charge is 0.480 e. The van der Waals surface area contributed by atoms with Gasteiger partial charge in [0, 0.05) is 30.0 Å². The summed E-state index contributed by atoms with van der Waals surface area (Å²) in [5, 5.41) is 8.75. The number of hydrogen-bond donors (Lipinski definition) is 1. The summed E-state index contributed by atoms with van der Waals surface area (Å²) in [5.74, 6) is -0.925. The predicted octanol–water partition coefficient (Wildman–Crippen LogP) is -0.950. The van der Waals surface area contributed by atoms with Crippen molar-refractivity contribution in [3.63, 3.8) is 0 Å². The lowest BCUT2D eigenvalue weighted by molar-refractivity contribution is -0.148. The second-order valence-corrected chi connectivity index (χ2v) is 4.50. The molecule has 13 heavy (non-hydrogen) atoms. The molecule has 6 heteroatoms. The first kappa shape index (κ1) is 10.2. The smallest absolute Gasteiger partial charge is 0.327 e. The van der Waals surface area contributed by atoms with E-state index in [1.165, 1.54) is 11.8 Å². The third-order valence-electron chi connectivity index (χ3n) is 1.97. The molecule has 1 aliphatic rings. The Morgan fingerprint density at radius 1 is 1.54 bits per heavy atom. The summed E-state index contributed by atoms with van der Waals surface area (Å²) in [4.78, 5) is 22.9. The van der Waals surface area contributed by atoms with Crippen molar-refractivity contribution < 1.29 is 18.9 Å². The van der Waals surface area contributed by atoms with Gasteiger partial charge in [0.1, 0.15) is 6.04 Å². The molecular weight excluding hydrogens is 194 g/mol. The summed E-state index contributed by atoms with van der Waals surface area (Å²) in [6, 6.07) is -0.910. The Kier molecular flexibility index (Phi) is 3.02. The van der Waals surface area contributed by atoms with Crippen molar-refractivity contribution in [3.8, 4) is 0 Å². The zero-order valence-electron chi connectivity index (χ0n) is 7.23. The summed E-state index contributed by atoms with van der Waals surface area (Å²) in [5.41, 5.74) is 0. The molecule has 2 atom stereocenters. The highest BCUT2D eigenvalue weighted by Crippen LogP contribution is 2.09. The van der Waals surface area contributed by atoms with E-state index in [1.807, 2.05) is 0 Å². The lowest BCUT2D eigenvalue weighted by atomic mass is 10.3. The van der Waals surface area contributed by atoms with Crippen LogP contribution in [0.1, 0.15) is 6.92 Å². The van der Waals surface area contributed by atoms with E-state index in [9.17, 15) is 13.8 Å². The van der Waals surface area contributed by atoms with Crippen molar-refractivity contribution in [1.29, 1.82) is 0 Å². The van der Waals surface area contributed by atoms with Gasteiger partial charge in [-0.05, 0) is 0 Å². The molecule has 1 aliphatic heterocycles. The minimum absolute atomic E-state index is 0.0505. The van der Waals surface area contributed by atoms with Gasteiger partial charge in [0.05, 0.1) is 5.75 Å². The van der Waals surface area contributed by atoms with Crippen molar-refractivity contribution in [3.05, 3.63) is 0 Å². The summed E-state index contributed by atoms with van der Waals surface area (Å²) in [7, 11) is -1.10. The van der Waals surface area contributed by atoms with Gasteiger partial charge in [-0.15, -0.1) is 0 Å². The third-order valence-corrected chi connectivity index (χ3v) is 3.29. The molecule has 1 heterocycles. The highest BCUT2D eigenvalue weighted by Gasteiger charge is 2.33. The SMILES string of the molecule is CC(=O)N1CCS(=O)CC1C(=O)O. The van der Waals surface area contributed by atoms with Gasteiger partial charge >= 0.3 is 5.97 Å². The predicted molar refractivity (Wildman–Crippen MR) is 46.7 cm³/mol.